The molecule has 1 aliphatic rings. The first-order valence-corrected chi connectivity index (χ1v) is 12.1. The number of nitrogens with zero attached hydrogens (tertiary/aromatic N) is 6. The van der Waals surface area contributed by atoms with Gasteiger partial charge in [-0.15, -0.1) is 5.10 Å². The smallest absolute Gasteiger partial charge is 0.289 e. The minimum absolute atomic E-state index is 0.134. The number of hydrogen-bond donors (Lipinski definition) is 1. The number of fused-ring (bicyclic) bond motifs is 1. The van der Waals surface area contributed by atoms with E-state index in [2.05, 4.69) is 38.4 Å². The topological polar surface area (TPSA) is 113 Å². The zero-order valence-corrected chi connectivity index (χ0v) is 21.3. The number of aromatic amines is 1. The number of benzene rings is 1. The monoisotopic (exact) mass is 489 g/mol. The summed E-state index contributed by atoms with van der Waals surface area (Å²) in [6.45, 7) is 12.3. The Morgan fingerprint density at radius 1 is 1.08 bits per heavy atom. The molecule has 1 aliphatic heterocycles. The lowest BCUT2D eigenvalue weighted by molar-refractivity contribution is 0.0555. The van der Waals surface area contributed by atoms with E-state index in [4.69, 9.17) is 4.42 Å². The third-order valence-electron chi connectivity index (χ3n) is 6.85. The molecule has 1 saturated heterocycles. The van der Waals surface area contributed by atoms with Gasteiger partial charge in [0.05, 0.1) is 11.8 Å². The molecule has 4 aromatic rings. The maximum Gasteiger partial charge on any atom is 0.289 e. The SMILES string of the molecule is Cc1cc2cc(C(c3nnnn3C(C)(C)C)N3CCN(C(=O)c4ccco4)CC3)c(=O)[nH]c2cc1C. The molecule has 1 aromatic carbocycles. The number of furan rings is 1. The van der Waals surface area contributed by atoms with Gasteiger partial charge in [-0.25, -0.2) is 4.68 Å². The van der Waals surface area contributed by atoms with Crippen LogP contribution in [0.25, 0.3) is 10.9 Å². The van der Waals surface area contributed by atoms with Gasteiger partial charge in [0.1, 0.15) is 6.04 Å². The van der Waals surface area contributed by atoms with E-state index in [0.717, 1.165) is 22.0 Å². The summed E-state index contributed by atoms with van der Waals surface area (Å²) in [4.78, 5) is 33.3. The number of tetrazole rings is 1. The molecule has 0 spiro atoms. The van der Waals surface area contributed by atoms with Crippen LogP contribution in [-0.4, -0.2) is 67.1 Å². The number of pyridine rings is 1. The zero-order valence-electron chi connectivity index (χ0n) is 21.3. The third kappa shape index (κ3) is 4.32. The Kier molecular flexibility index (Phi) is 5.99. The lowest BCUT2D eigenvalue weighted by Gasteiger charge is -2.39. The molecule has 0 radical (unpaired) electrons. The fourth-order valence-electron chi connectivity index (χ4n) is 4.78. The first-order valence-electron chi connectivity index (χ1n) is 12.1. The van der Waals surface area contributed by atoms with Crippen molar-refractivity contribution in [2.24, 2.45) is 0 Å². The third-order valence-corrected chi connectivity index (χ3v) is 6.85. The van der Waals surface area contributed by atoms with Crippen LogP contribution in [0.15, 0.2) is 45.8 Å². The van der Waals surface area contributed by atoms with E-state index in [1.807, 2.05) is 39.8 Å². The minimum Gasteiger partial charge on any atom is -0.459 e. The number of aromatic nitrogens is 5. The van der Waals surface area contributed by atoms with Gasteiger partial charge in [0.2, 0.25) is 0 Å². The van der Waals surface area contributed by atoms with Gasteiger partial charge >= 0.3 is 0 Å². The molecule has 1 fully saturated rings. The molecule has 0 bridgehead atoms. The Hall–Kier alpha value is -3.79. The highest BCUT2D eigenvalue weighted by molar-refractivity contribution is 5.91. The van der Waals surface area contributed by atoms with Crippen molar-refractivity contribution < 1.29 is 9.21 Å². The standard InChI is InChI=1S/C26H31N7O3/c1-16-13-18-15-19(24(34)27-20(18)14-17(16)2)22(23-28-29-30-33(23)26(3,4)5)31-8-10-32(11-9-31)25(35)21-7-6-12-36-21/h6-7,12-15,22H,8-11H2,1-5H3,(H,27,34). The van der Waals surface area contributed by atoms with Crippen molar-refractivity contribution >= 4 is 16.8 Å². The average Bonchev–Trinajstić information content (AvgIpc) is 3.53. The Morgan fingerprint density at radius 2 is 1.81 bits per heavy atom. The maximum absolute atomic E-state index is 13.5. The van der Waals surface area contributed by atoms with Crippen molar-refractivity contribution in [2.75, 3.05) is 26.2 Å². The van der Waals surface area contributed by atoms with Crippen molar-refractivity contribution in [3.63, 3.8) is 0 Å². The normalized spacial score (nSPS) is 16.0. The van der Waals surface area contributed by atoms with Crippen molar-refractivity contribution in [1.82, 2.24) is 35.0 Å². The molecule has 1 unspecified atom stereocenters. The second-order valence-electron chi connectivity index (χ2n) is 10.4. The van der Waals surface area contributed by atoms with Crippen LogP contribution in [0.1, 0.15) is 59.9 Å². The summed E-state index contributed by atoms with van der Waals surface area (Å²) in [5.74, 6) is 0.792. The lowest BCUT2D eigenvalue weighted by Crippen LogP contribution is -2.51. The molecule has 36 heavy (non-hydrogen) atoms. The molecule has 10 heteroatoms. The molecule has 0 saturated carbocycles. The predicted octanol–water partition coefficient (Wildman–Crippen LogP) is 3.03. The number of hydrogen-bond acceptors (Lipinski definition) is 7. The van der Waals surface area contributed by atoms with Gasteiger partial charge in [-0.1, -0.05) is 0 Å². The molecular weight excluding hydrogens is 458 g/mol. The molecular formula is C26H31N7O3. The summed E-state index contributed by atoms with van der Waals surface area (Å²) < 4.78 is 7.08. The Labute approximate surface area is 208 Å². The lowest BCUT2D eigenvalue weighted by atomic mass is 9.99. The van der Waals surface area contributed by atoms with E-state index < -0.39 is 6.04 Å². The van der Waals surface area contributed by atoms with Crippen molar-refractivity contribution in [3.8, 4) is 0 Å². The van der Waals surface area contributed by atoms with Crippen molar-refractivity contribution in [3.05, 3.63) is 75.2 Å². The quantitative estimate of drug-likeness (QED) is 0.469. The number of H-pyrrole nitrogens is 1. The van der Waals surface area contributed by atoms with Gasteiger partial charge in [0.15, 0.2) is 11.6 Å². The number of nitrogens with one attached hydrogen (secondary N) is 1. The van der Waals surface area contributed by atoms with Gasteiger partial charge in [0.25, 0.3) is 11.5 Å². The summed E-state index contributed by atoms with van der Waals surface area (Å²) in [7, 11) is 0. The Bertz CT molecular complexity index is 1460. The molecule has 0 aliphatic carbocycles. The summed E-state index contributed by atoms with van der Waals surface area (Å²) in [6, 6.07) is 8.95. The first-order chi connectivity index (χ1) is 17.1. The molecule has 1 N–H and O–H groups in total. The number of carbonyl (C=O) groups excluding carboxylic acids is 1. The van der Waals surface area contributed by atoms with E-state index in [-0.39, 0.29) is 17.0 Å². The summed E-state index contributed by atoms with van der Waals surface area (Å²) in [6.07, 6.45) is 1.50. The van der Waals surface area contributed by atoms with E-state index in [1.54, 1.807) is 21.7 Å². The first kappa shape index (κ1) is 23.9. The largest absolute Gasteiger partial charge is 0.459 e. The van der Waals surface area contributed by atoms with Crippen LogP contribution >= 0.6 is 0 Å². The number of aryl methyl sites for hydroxylation is 2. The van der Waals surface area contributed by atoms with E-state index >= 15 is 0 Å². The van der Waals surface area contributed by atoms with Crippen LogP contribution in [0, 0.1) is 13.8 Å². The van der Waals surface area contributed by atoms with Crippen LogP contribution in [-0.2, 0) is 5.54 Å². The second kappa shape index (κ2) is 9.02. The fraction of sp³-hybridized carbons (Fsp3) is 0.423. The molecule has 5 rings (SSSR count). The van der Waals surface area contributed by atoms with Gasteiger partial charge in [0, 0.05) is 37.3 Å². The van der Waals surface area contributed by atoms with Crippen molar-refractivity contribution in [1.29, 1.82) is 0 Å². The number of rotatable bonds is 4. The van der Waals surface area contributed by atoms with Crippen LogP contribution in [0.5, 0.6) is 0 Å². The maximum atomic E-state index is 13.5. The van der Waals surface area contributed by atoms with E-state index in [0.29, 0.717) is 43.3 Å². The van der Waals surface area contributed by atoms with Crippen LogP contribution < -0.4 is 5.56 Å². The molecule has 188 valence electrons. The van der Waals surface area contributed by atoms with Gasteiger partial charge < -0.3 is 14.3 Å². The predicted molar refractivity (Wildman–Crippen MR) is 135 cm³/mol. The molecule has 3 aromatic heterocycles. The van der Waals surface area contributed by atoms with Crippen LogP contribution in [0.2, 0.25) is 0 Å². The zero-order chi connectivity index (χ0) is 25.6. The molecule has 4 heterocycles. The van der Waals surface area contributed by atoms with Crippen LogP contribution in [0.3, 0.4) is 0 Å². The molecule has 10 nitrogen and oxygen atoms in total. The van der Waals surface area contributed by atoms with Gasteiger partial charge in [-0.05, 0) is 91.9 Å². The average molecular weight is 490 g/mol. The highest BCUT2D eigenvalue weighted by Crippen LogP contribution is 2.30. The van der Waals surface area contributed by atoms with Gasteiger partial charge in [-0.3, -0.25) is 14.5 Å². The highest BCUT2D eigenvalue weighted by Gasteiger charge is 2.36. The summed E-state index contributed by atoms with van der Waals surface area (Å²) in [5.41, 5.74) is 3.10. The van der Waals surface area contributed by atoms with E-state index in [1.165, 1.54) is 6.26 Å². The second-order valence-corrected chi connectivity index (χ2v) is 10.4. The molecule has 1 atom stereocenters. The molecule has 1 amide bonds. The summed E-state index contributed by atoms with van der Waals surface area (Å²) >= 11 is 0. The van der Waals surface area contributed by atoms with Crippen molar-refractivity contribution in [2.45, 2.75) is 46.2 Å². The Morgan fingerprint density at radius 3 is 2.47 bits per heavy atom. The summed E-state index contributed by atoms with van der Waals surface area (Å²) in [5, 5.41) is 13.6. The number of amides is 1. The number of carbonyl (C=O) groups is 1. The van der Waals surface area contributed by atoms with E-state index in [9.17, 15) is 9.59 Å². The Balaban J connectivity index is 1.55. The number of piperazine rings is 1. The highest BCUT2D eigenvalue weighted by atomic mass is 16.3. The van der Waals surface area contributed by atoms with Crippen LogP contribution in [0.4, 0.5) is 0 Å². The minimum atomic E-state index is -0.477. The van der Waals surface area contributed by atoms with Gasteiger partial charge in [-0.2, -0.15) is 0 Å². The fourth-order valence-corrected chi connectivity index (χ4v) is 4.78.